The van der Waals surface area contributed by atoms with Crippen molar-refractivity contribution < 1.29 is 23.8 Å². The molecule has 0 atom stereocenters. The number of hydrogen-bond acceptors (Lipinski definition) is 5. The maximum absolute atomic E-state index is 11.6. The highest BCUT2D eigenvalue weighted by atomic mass is 16.5. The Kier molecular flexibility index (Phi) is 2.82. The normalized spacial score (nSPS) is 10.4. The van der Waals surface area contributed by atoms with Crippen LogP contribution in [-0.2, 0) is 9.53 Å². The molecule has 0 saturated carbocycles. The first kappa shape index (κ1) is 11.2. The lowest BCUT2D eigenvalue weighted by molar-refractivity contribution is -0.137. The molecule has 5 heteroatoms. The number of rotatable bonds is 3. The summed E-state index contributed by atoms with van der Waals surface area (Å²) in [7, 11) is 0. The van der Waals surface area contributed by atoms with E-state index in [0.29, 0.717) is 11.0 Å². The van der Waals surface area contributed by atoms with Crippen LogP contribution in [0.2, 0.25) is 0 Å². The molecule has 0 saturated heterocycles. The van der Waals surface area contributed by atoms with Gasteiger partial charge in [0.15, 0.2) is 5.76 Å². The summed E-state index contributed by atoms with van der Waals surface area (Å²) in [6.45, 7) is 1.74. The number of carbonyl (C=O) groups is 2. The standard InChI is InChI=1S/C12H10O5/c1-2-16-12(15)11(14)10-6-7-5-8(13)3-4-9(7)17-10/h3-6,13H,2H2,1H3. The zero-order valence-electron chi connectivity index (χ0n) is 9.10. The van der Waals surface area contributed by atoms with Gasteiger partial charge in [0.2, 0.25) is 0 Å². The van der Waals surface area contributed by atoms with Crippen LogP contribution >= 0.6 is 0 Å². The van der Waals surface area contributed by atoms with Gasteiger partial charge in [-0.1, -0.05) is 0 Å². The Bertz CT molecular complexity index is 582. The number of phenols is 1. The molecule has 0 aliphatic carbocycles. The lowest BCUT2D eigenvalue weighted by Crippen LogP contribution is -2.16. The van der Waals surface area contributed by atoms with E-state index in [1.54, 1.807) is 6.92 Å². The van der Waals surface area contributed by atoms with Crippen LogP contribution in [0.15, 0.2) is 28.7 Å². The minimum absolute atomic E-state index is 0.0634. The summed E-state index contributed by atoms with van der Waals surface area (Å²) in [6, 6.07) is 5.80. The molecule has 0 fully saturated rings. The minimum atomic E-state index is -0.948. The predicted octanol–water partition coefficient (Wildman–Crippen LogP) is 1.88. The SMILES string of the molecule is CCOC(=O)C(=O)c1cc2cc(O)ccc2o1. The summed E-state index contributed by atoms with van der Waals surface area (Å²) in [5.41, 5.74) is 0.426. The second-order valence-corrected chi connectivity index (χ2v) is 3.38. The Balaban J connectivity index is 2.36. The molecule has 2 aromatic rings. The monoisotopic (exact) mass is 234 g/mol. The van der Waals surface area contributed by atoms with Crippen molar-refractivity contribution in [3.05, 3.63) is 30.0 Å². The maximum Gasteiger partial charge on any atom is 0.383 e. The van der Waals surface area contributed by atoms with E-state index >= 15 is 0 Å². The molecule has 1 N–H and O–H groups in total. The Morgan fingerprint density at radius 1 is 1.35 bits per heavy atom. The molecule has 1 heterocycles. The smallest absolute Gasteiger partial charge is 0.383 e. The van der Waals surface area contributed by atoms with Gasteiger partial charge < -0.3 is 14.3 Å². The van der Waals surface area contributed by atoms with Gasteiger partial charge in [-0.15, -0.1) is 0 Å². The van der Waals surface area contributed by atoms with E-state index < -0.39 is 11.8 Å². The molecule has 0 amide bonds. The summed E-state index contributed by atoms with van der Waals surface area (Å²) in [6.07, 6.45) is 0. The fraction of sp³-hybridized carbons (Fsp3) is 0.167. The van der Waals surface area contributed by atoms with Crippen molar-refractivity contribution in [3.8, 4) is 5.75 Å². The molecule has 1 aromatic heterocycles. The first-order valence-electron chi connectivity index (χ1n) is 5.06. The zero-order valence-corrected chi connectivity index (χ0v) is 9.10. The van der Waals surface area contributed by atoms with Crippen LogP contribution in [0.1, 0.15) is 17.5 Å². The van der Waals surface area contributed by atoms with Crippen LogP contribution in [0, 0.1) is 0 Å². The predicted molar refractivity (Wildman–Crippen MR) is 58.8 cm³/mol. The molecule has 0 aliphatic heterocycles. The number of ether oxygens (including phenoxy) is 1. The van der Waals surface area contributed by atoms with Crippen molar-refractivity contribution in [2.24, 2.45) is 0 Å². The van der Waals surface area contributed by atoms with Gasteiger partial charge in [-0.25, -0.2) is 4.79 Å². The first-order valence-corrected chi connectivity index (χ1v) is 5.06. The van der Waals surface area contributed by atoms with Crippen LogP contribution < -0.4 is 0 Å². The number of aromatic hydroxyl groups is 1. The number of fused-ring (bicyclic) bond motifs is 1. The largest absolute Gasteiger partial charge is 0.508 e. The Labute approximate surface area is 96.6 Å². The van der Waals surface area contributed by atoms with Gasteiger partial charge in [0.1, 0.15) is 11.3 Å². The third-order valence-corrected chi connectivity index (χ3v) is 2.18. The van der Waals surface area contributed by atoms with Crippen LogP contribution in [0.5, 0.6) is 5.75 Å². The fourth-order valence-electron chi connectivity index (χ4n) is 1.44. The molecule has 0 bridgehead atoms. The van der Waals surface area contributed by atoms with E-state index in [9.17, 15) is 14.7 Å². The number of Topliss-reactive ketones (excluding diaryl/α,β-unsaturated/α-hetero) is 1. The van der Waals surface area contributed by atoms with Crippen molar-refractivity contribution in [2.45, 2.75) is 6.92 Å². The summed E-state index contributed by atoms with van der Waals surface area (Å²) in [5, 5.41) is 9.81. The summed E-state index contributed by atoms with van der Waals surface area (Å²) >= 11 is 0. The van der Waals surface area contributed by atoms with Crippen molar-refractivity contribution in [3.63, 3.8) is 0 Å². The van der Waals surface area contributed by atoms with Crippen LogP contribution in [0.25, 0.3) is 11.0 Å². The molecule has 1 aromatic carbocycles. The van der Waals surface area contributed by atoms with E-state index in [1.807, 2.05) is 0 Å². The van der Waals surface area contributed by atoms with Crippen LogP contribution in [0.3, 0.4) is 0 Å². The molecule has 0 radical (unpaired) electrons. The van der Waals surface area contributed by atoms with Gasteiger partial charge in [-0.3, -0.25) is 4.79 Å². The highest BCUT2D eigenvalue weighted by molar-refractivity contribution is 6.40. The lowest BCUT2D eigenvalue weighted by Gasteiger charge is -1.96. The molecule has 88 valence electrons. The zero-order chi connectivity index (χ0) is 12.4. The van der Waals surface area contributed by atoms with Crippen molar-refractivity contribution >= 4 is 22.7 Å². The Morgan fingerprint density at radius 2 is 2.12 bits per heavy atom. The van der Waals surface area contributed by atoms with E-state index in [0.717, 1.165) is 0 Å². The molecule has 5 nitrogen and oxygen atoms in total. The number of phenolic OH excluding ortho intramolecular Hbond substituents is 1. The van der Waals surface area contributed by atoms with Gasteiger partial charge >= 0.3 is 11.8 Å². The van der Waals surface area contributed by atoms with Crippen molar-refractivity contribution in [1.29, 1.82) is 0 Å². The van der Waals surface area contributed by atoms with Crippen LogP contribution in [0.4, 0.5) is 0 Å². The third-order valence-electron chi connectivity index (χ3n) is 2.18. The molecule has 2 rings (SSSR count). The van der Waals surface area contributed by atoms with Gasteiger partial charge in [-0.05, 0) is 31.2 Å². The Hall–Kier alpha value is -2.30. The summed E-state index contributed by atoms with van der Waals surface area (Å²) in [5.74, 6) is -1.81. The quantitative estimate of drug-likeness (QED) is 0.498. The van der Waals surface area contributed by atoms with E-state index in [1.165, 1.54) is 24.3 Å². The number of esters is 1. The van der Waals surface area contributed by atoms with Gasteiger partial charge in [0, 0.05) is 5.39 Å². The number of furan rings is 1. The third kappa shape index (κ3) is 2.13. The minimum Gasteiger partial charge on any atom is -0.508 e. The topological polar surface area (TPSA) is 76.7 Å². The van der Waals surface area contributed by atoms with Gasteiger partial charge in [-0.2, -0.15) is 0 Å². The molecule has 17 heavy (non-hydrogen) atoms. The van der Waals surface area contributed by atoms with Gasteiger partial charge in [0.05, 0.1) is 6.61 Å². The van der Waals surface area contributed by atoms with Crippen molar-refractivity contribution in [1.82, 2.24) is 0 Å². The molecule has 0 spiro atoms. The van der Waals surface area contributed by atoms with E-state index in [-0.39, 0.29) is 18.1 Å². The van der Waals surface area contributed by atoms with E-state index in [2.05, 4.69) is 4.74 Å². The summed E-state index contributed by atoms with van der Waals surface area (Å²) < 4.78 is 9.77. The average molecular weight is 234 g/mol. The average Bonchev–Trinajstić information content (AvgIpc) is 2.71. The Morgan fingerprint density at radius 3 is 2.82 bits per heavy atom. The van der Waals surface area contributed by atoms with Gasteiger partial charge in [0.25, 0.3) is 0 Å². The highest BCUT2D eigenvalue weighted by Crippen LogP contribution is 2.23. The molecule has 0 aliphatic rings. The molecular weight excluding hydrogens is 224 g/mol. The first-order chi connectivity index (χ1) is 8.11. The maximum atomic E-state index is 11.6. The van der Waals surface area contributed by atoms with Crippen molar-refractivity contribution in [2.75, 3.05) is 6.61 Å². The number of hydrogen-bond donors (Lipinski definition) is 1. The fourth-order valence-corrected chi connectivity index (χ4v) is 1.44. The number of ketones is 1. The highest BCUT2D eigenvalue weighted by Gasteiger charge is 2.21. The van der Waals surface area contributed by atoms with E-state index in [4.69, 9.17) is 4.42 Å². The number of benzene rings is 1. The second kappa shape index (κ2) is 4.29. The second-order valence-electron chi connectivity index (χ2n) is 3.38. The molecular formula is C12H10O5. The number of carbonyl (C=O) groups excluding carboxylic acids is 2. The van der Waals surface area contributed by atoms with Crippen LogP contribution in [-0.4, -0.2) is 23.5 Å². The summed E-state index contributed by atoms with van der Waals surface area (Å²) in [4.78, 5) is 22.8. The molecule has 0 unspecified atom stereocenters. The lowest BCUT2D eigenvalue weighted by atomic mass is 10.2.